The van der Waals surface area contributed by atoms with Crippen LogP contribution in [0, 0.1) is 0 Å². The Bertz CT molecular complexity index is 837. The summed E-state index contributed by atoms with van der Waals surface area (Å²) in [6, 6.07) is 12.0. The molecule has 0 spiro atoms. The van der Waals surface area contributed by atoms with Crippen molar-refractivity contribution in [3.63, 3.8) is 0 Å². The second kappa shape index (κ2) is 6.24. The lowest BCUT2D eigenvalue weighted by Crippen LogP contribution is -2.52. The molecule has 0 saturated heterocycles. The zero-order valence-corrected chi connectivity index (χ0v) is 16.0. The summed E-state index contributed by atoms with van der Waals surface area (Å²) in [5.41, 5.74) is 8.41. The van der Waals surface area contributed by atoms with Gasteiger partial charge in [0.05, 0.1) is 5.92 Å². The number of nitrogens with zero attached hydrogens (tertiary/aromatic N) is 3. The Balaban J connectivity index is 2.14. The van der Waals surface area contributed by atoms with Crippen LogP contribution in [-0.4, -0.2) is 28.8 Å². The van der Waals surface area contributed by atoms with Crippen molar-refractivity contribution in [1.29, 1.82) is 0 Å². The number of nitrogens with two attached hydrogens (primary N) is 1. The molecule has 2 N–H and O–H groups in total. The van der Waals surface area contributed by atoms with E-state index < -0.39 is 11.5 Å². The van der Waals surface area contributed by atoms with Crippen LogP contribution in [0.1, 0.15) is 50.3 Å². The van der Waals surface area contributed by atoms with Gasteiger partial charge in [0.15, 0.2) is 5.96 Å². The van der Waals surface area contributed by atoms with Gasteiger partial charge in [-0.1, -0.05) is 45.0 Å². The van der Waals surface area contributed by atoms with E-state index in [2.05, 4.69) is 37.9 Å². The summed E-state index contributed by atoms with van der Waals surface area (Å²) >= 11 is 0. The maximum atomic E-state index is 13.2. The number of amides is 1. The number of rotatable bonds is 2. The van der Waals surface area contributed by atoms with Crippen LogP contribution in [0.2, 0.25) is 0 Å². The first-order chi connectivity index (χ1) is 12.1. The zero-order valence-electron chi connectivity index (χ0n) is 16.0. The third-order valence-electron chi connectivity index (χ3n) is 5.20. The van der Waals surface area contributed by atoms with E-state index in [-0.39, 0.29) is 17.3 Å². The van der Waals surface area contributed by atoms with Gasteiger partial charge in [-0.05, 0) is 41.2 Å². The highest BCUT2D eigenvalue weighted by atomic mass is 16.2. The van der Waals surface area contributed by atoms with Crippen LogP contribution in [0.3, 0.4) is 0 Å². The monoisotopic (exact) mass is 350 g/mol. The number of hydrogen-bond acceptors (Lipinski definition) is 4. The van der Waals surface area contributed by atoms with Crippen molar-refractivity contribution >= 4 is 11.9 Å². The number of guanidine groups is 1. The molecule has 3 rings (SSSR count). The minimum atomic E-state index is -0.778. The maximum Gasteiger partial charge on any atom is 0.239 e. The van der Waals surface area contributed by atoms with Gasteiger partial charge in [0.2, 0.25) is 5.91 Å². The molecule has 2 heterocycles. The van der Waals surface area contributed by atoms with Crippen molar-refractivity contribution in [1.82, 2.24) is 9.88 Å². The first kappa shape index (κ1) is 18.1. The van der Waals surface area contributed by atoms with Gasteiger partial charge in [-0.15, -0.1) is 0 Å². The molecule has 0 bridgehead atoms. The van der Waals surface area contributed by atoms with Crippen LogP contribution in [0.15, 0.2) is 53.8 Å². The highest BCUT2D eigenvalue weighted by molar-refractivity contribution is 6.02. The van der Waals surface area contributed by atoms with Gasteiger partial charge in [0.25, 0.3) is 0 Å². The van der Waals surface area contributed by atoms with Gasteiger partial charge in [0.1, 0.15) is 5.54 Å². The van der Waals surface area contributed by atoms with Gasteiger partial charge in [-0.3, -0.25) is 14.7 Å². The molecule has 136 valence electrons. The summed E-state index contributed by atoms with van der Waals surface area (Å²) in [6.07, 6.45) is 3.43. The van der Waals surface area contributed by atoms with Gasteiger partial charge >= 0.3 is 0 Å². The van der Waals surface area contributed by atoms with Crippen molar-refractivity contribution in [2.75, 3.05) is 7.05 Å². The molecule has 0 radical (unpaired) electrons. The lowest BCUT2D eigenvalue weighted by molar-refractivity contribution is -0.130. The molecule has 0 aliphatic carbocycles. The summed E-state index contributed by atoms with van der Waals surface area (Å²) < 4.78 is 0. The number of hydrogen-bond donors (Lipinski definition) is 1. The van der Waals surface area contributed by atoms with E-state index >= 15 is 0 Å². The molecular formula is C21H26N4O. The molecule has 1 amide bonds. The number of aromatic nitrogens is 1. The van der Waals surface area contributed by atoms with Crippen LogP contribution in [0.25, 0.3) is 0 Å². The summed E-state index contributed by atoms with van der Waals surface area (Å²) in [5, 5.41) is 0. The fourth-order valence-electron chi connectivity index (χ4n) is 3.49. The maximum absolute atomic E-state index is 13.2. The lowest BCUT2D eigenvalue weighted by Gasteiger charge is -2.41. The van der Waals surface area contributed by atoms with Crippen molar-refractivity contribution in [3.8, 4) is 0 Å². The molecule has 5 nitrogen and oxygen atoms in total. The predicted octanol–water partition coefficient (Wildman–Crippen LogP) is 3.16. The molecule has 0 fully saturated rings. The quantitative estimate of drug-likeness (QED) is 0.904. The highest BCUT2D eigenvalue weighted by Crippen LogP contribution is 2.43. The number of carbonyl (C=O) groups is 1. The van der Waals surface area contributed by atoms with Crippen LogP contribution in [-0.2, 0) is 15.7 Å². The largest absolute Gasteiger partial charge is 0.369 e. The Hall–Kier alpha value is -2.69. The van der Waals surface area contributed by atoms with E-state index in [1.165, 1.54) is 10.5 Å². The topological polar surface area (TPSA) is 71.6 Å². The molecule has 5 heteroatoms. The van der Waals surface area contributed by atoms with E-state index in [0.29, 0.717) is 0 Å². The first-order valence-corrected chi connectivity index (χ1v) is 8.78. The van der Waals surface area contributed by atoms with Gasteiger partial charge in [0, 0.05) is 19.4 Å². The number of likely N-dealkylation sites (N-methyl/N-ethyl adjacent to an activating group) is 1. The lowest BCUT2D eigenvalue weighted by atomic mass is 9.74. The third-order valence-corrected chi connectivity index (χ3v) is 5.20. The minimum absolute atomic E-state index is 0.0553. The molecule has 1 aliphatic rings. The second-order valence-electron chi connectivity index (χ2n) is 8.06. The minimum Gasteiger partial charge on any atom is -0.369 e. The average Bonchev–Trinajstić information content (AvgIpc) is 2.60. The van der Waals surface area contributed by atoms with Gasteiger partial charge in [-0.25, -0.2) is 4.99 Å². The Morgan fingerprint density at radius 2 is 1.65 bits per heavy atom. The van der Waals surface area contributed by atoms with Crippen LogP contribution < -0.4 is 5.73 Å². The Kier molecular flexibility index (Phi) is 4.34. The molecule has 1 aromatic carbocycles. The molecule has 26 heavy (non-hydrogen) atoms. The smallest absolute Gasteiger partial charge is 0.239 e. The molecule has 2 aromatic rings. The first-order valence-electron chi connectivity index (χ1n) is 8.78. The fourth-order valence-corrected chi connectivity index (χ4v) is 3.49. The molecule has 0 saturated carbocycles. The predicted molar refractivity (Wildman–Crippen MR) is 104 cm³/mol. The van der Waals surface area contributed by atoms with E-state index in [1.807, 2.05) is 31.2 Å². The molecule has 0 unspecified atom stereocenters. The Labute approximate surface area is 155 Å². The molecule has 1 aliphatic heterocycles. The van der Waals surface area contributed by atoms with Crippen molar-refractivity contribution in [2.45, 2.75) is 44.6 Å². The van der Waals surface area contributed by atoms with E-state index in [1.54, 1.807) is 19.4 Å². The molecule has 1 aromatic heterocycles. The number of pyridine rings is 1. The Morgan fingerprint density at radius 1 is 1.08 bits per heavy atom. The molecule has 2 atom stereocenters. The summed E-state index contributed by atoms with van der Waals surface area (Å²) in [7, 11) is 1.67. The number of aliphatic imine (C=N–C) groups is 1. The van der Waals surface area contributed by atoms with Crippen LogP contribution in [0.4, 0.5) is 0 Å². The van der Waals surface area contributed by atoms with E-state index in [9.17, 15) is 4.79 Å². The van der Waals surface area contributed by atoms with E-state index in [0.717, 1.165) is 11.1 Å². The van der Waals surface area contributed by atoms with Crippen LogP contribution >= 0.6 is 0 Å². The standard InChI is InChI=1S/C21H26N4O/c1-20(2,3)15-8-6-14(7-9-15)17-18(26)25(5)19(22)24-21(17,4)16-10-12-23-13-11-16/h6-13,17H,1-5H3,(H2,22,24)/t17-,21+/m0/s1. The summed E-state index contributed by atoms with van der Waals surface area (Å²) in [4.78, 5) is 23.4. The highest BCUT2D eigenvalue weighted by Gasteiger charge is 2.47. The summed E-state index contributed by atoms with van der Waals surface area (Å²) in [5.74, 6) is -0.270. The van der Waals surface area contributed by atoms with Crippen molar-refractivity contribution in [2.24, 2.45) is 10.7 Å². The molecular weight excluding hydrogens is 324 g/mol. The van der Waals surface area contributed by atoms with Gasteiger partial charge < -0.3 is 5.73 Å². The zero-order chi connectivity index (χ0) is 19.1. The fraction of sp³-hybridized carbons (Fsp3) is 0.381. The number of benzene rings is 1. The second-order valence-corrected chi connectivity index (χ2v) is 8.06. The van der Waals surface area contributed by atoms with E-state index in [4.69, 9.17) is 10.7 Å². The normalized spacial score (nSPS) is 23.7. The van der Waals surface area contributed by atoms with Crippen molar-refractivity contribution in [3.05, 3.63) is 65.5 Å². The summed E-state index contributed by atoms with van der Waals surface area (Å²) in [6.45, 7) is 8.48. The van der Waals surface area contributed by atoms with Crippen LogP contribution in [0.5, 0.6) is 0 Å². The SMILES string of the molecule is CN1C(=O)[C@H](c2ccc(C(C)(C)C)cc2)[C@@](C)(c2ccncc2)N=C1N. The van der Waals surface area contributed by atoms with Crippen molar-refractivity contribution < 1.29 is 4.79 Å². The third kappa shape index (κ3) is 2.98. The van der Waals surface area contributed by atoms with Gasteiger partial charge in [-0.2, -0.15) is 0 Å². The average molecular weight is 350 g/mol. The number of carbonyl (C=O) groups excluding carboxylic acids is 1. The Morgan fingerprint density at radius 3 is 2.19 bits per heavy atom.